The van der Waals surface area contributed by atoms with Gasteiger partial charge in [0.05, 0.1) is 0 Å². The number of benzene rings is 3. The Bertz CT molecular complexity index is 1310. The molecule has 0 radical (unpaired) electrons. The van der Waals surface area contributed by atoms with Crippen LogP contribution in [0.1, 0.15) is 23.9 Å². The van der Waals surface area contributed by atoms with Gasteiger partial charge in [-0.2, -0.15) is 0 Å². The summed E-state index contributed by atoms with van der Waals surface area (Å²) in [6.45, 7) is 3.62. The Kier molecular flexibility index (Phi) is 4.32. The van der Waals surface area contributed by atoms with Crippen LogP contribution in [0.25, 0.3) is 22.2 Å². The number of carbonyl (C=O) groups excluding carboxylic acids is 2. The molecule has 5 rings (SSSR count). The first kappa shape index (κ1) is 19.0. The maximum Gasteiger partial charge on any atom is 0.325 e. The fraction of sp³-hybridized carbons (Fsp3) is 0.167. The number of urea groups is 1. The molecule has 0 bridgehead atoms. The summed E-state index contributed by atoms with van der Waals surface area (Å²) in [6, 6.07) is 20.7. The molecule has 2 heterocycles. The normalized spacial score (nSPS) is 18.6. The lowest BCUT2D eigenvalue weighted by Gasteiger charge is -2.23. The van der Waals surface area contributed by atoms with E-state index in [1.54, 1.807) is 6.92 Å². The molecule has 1 aromatic heterocycles. The zero-order chi connectivity index (χ0) is 21.6. The van der Waals surface area contributed by atoms with Crippen LogP contribution in [0.2, 0.25) is 0 Å². The minimum absolute atomic E-state index is 0.0934. The number of aromatic nitrogens is 2. The van der Waals surface area contributed by atoms with Crippen LogP contribution < -0.4 is 5.32 Å². The van der Waals surface area contributed by atoms with Crippen molar-refractivity contribution >= 4 is 22.7 Å². The van der Waals surface area contributed by atoms with Gasteiger partial charge < -0.3 is 9.73 Å². The molecule has 31 heavy (non-hydrogen) atoms. The Hall–Kier alpha value is -4.00. The van der Waals surface area contributed by atoms with Crippen LogP contribution in [0.4, 0.5) is 4.79 Å². The molecular formula is C24H20N4O3. The van der Waals surface area contributed by atoms with Crippen molar-refractivity contribution in [3.8, 4) is 11.5 Å². The monoisotopic (exact) mass is 412 g/mol. The van der Waals surface area contributed by atoms with Crippen molar-refractivity contribution in [3.05, 3.63) is 83.7 Å². The molecule has 1 unspecified atom stereocenters. The van der Waals surface area contributed by atoms with E-state index in [-0.39, 0.29) is 18.3 Å². The van der Waals surface area contributed by atoms with Crippen molar-refractivity contribution in [2.45, 2.75) is 25.9 Å². The van der Waals surface area contributed by atoms with Crippen molar-refractivity contribution in [1.29, 1.82) is 0 Å². The molecule has 0 aliphatic carbocycles. The van der Waals surface area contributed by atoms with Crippen LogP contribution in [-0.4, -0.2) is 27.0 Å². The molecule has 1 fully saturated rings. The zero-order valence-electron chi connectivity index (χ0n) is 17.1. The fourth-order valence-corrected chi connectivity index (χ4v) is 3.95. The van der Waals surface area contributed by atoms with E-state index in [1.807, 2.05) is 73.7 Å². The van der Waals surface area contributed by atoms with Gasteiger partial charge in [-0.25, -0.2) is 4.79 Å². The van der Waals surface area contributed by atoms with Crippen LogP contribution in [0.15, 0.2) is 71.1 Å². The summed E-state index contributed by atoms with van der Waals surface area (Å²) >= 11 is 0. The van der Waals surface area contributed by atoms with Gasteiger partial charge in [0, 0.05) is 5.56 Å². The van der Waals surface area contributed by atoms with E-state index in [0.29, 0.717) is 5.89 Å². The highest BCUT2D eigenvalue weighted by Gasteiger charge is 2.50. The predicted octanol–water partition coefficient (Wildman–Crippen LogP) is 4.17. The molecule has 7 nitrogen and oxygen atoms in total. The lowest BCUT2D eigenvalue weighted by atomic mass is 9.88. The van der Waals surface area contributed by atoms with Gasteiger partial charge in [0.15, 0.2) is 0 Å². The SMILES string of the molecule is Cc1ccc(-c2nnc(CN3C(=O)NC(C)(c4cccc5ccccc45)C3=O)o2)cc1. The van der Waals surface area contributed by atoms with Crippen LogP contribution in [-0.2, 0) is 16.9 Å². The number of nitrogens with zero attached hydrogens (tertiary/aromatic N) is 3. The number of imide groups is 1. The minimum Gasteiger partial charge on any atom is -0.419 e. The average molecular weight is 412 g/mol. The lowest BCUT2D eigenvalue weighted by Crippen LogP contribution is -2.41. The molecule has 3 aromatic carbocycles. The molecule has 3 amide bonds. The highest BCUT2D eigenvalue weighted by Crippen LogP contribution is 2.34. The summed E-state index contributed by atoms with van der Waals surface area (Å²) in [6.07, 6.45) is 0. The number of amides is 3. The third-order valence-electron chi connectivity index (χ3n) is 5.66. The molecule has 0 spiro atoms. The molecule has 1 aliphatic rings. The Labute approximate surface area is 178 Å². The van der Waals surface area contributed by atoms with E-state index < -0.39 is 11.6 Å². The van der Waals surface area contributed by atoms with Crippen molar-refractivity contribution < 1.29 is 14.0 Å². The second kappa shape index (κ2) is 7.05. The molecule has 4 aromatic rings. The van der Waals surface area contributed by atoms with Gasteiger partial charge in [-0.3, -0.25) is 9.69 Å². The Morgan fingerprint density at radius 3 is 2.52 bits per heavy atom. The lowest BCUT2D eigenvalue weighted by molar-refractivity contribution is -0.131. The smallest absolute Gasteiger partial charge is 0.325 e. The summed E-state index contributed by atoms with van der Waals surface area (Å²) in [5.74, 6) is 0.184. The van der Waals surface area contributed by atoms with Gasteiger partial charge in [-0.1, -0.05) is 60.2 Å². The van der Waals surface area contributed by atoms with E-state index in [4.69, 9.17) is 4.42 Å². The molecule has 154 valence electrons. The number of hydrogen-bond donors (Lipinski definition) is 1. The Balaban J connectivity index is 1.44. The summed E-state index contributed by atoms with van der Waals surface area (Å²) in [4.78, 5) is 27.2. The molecule has 7 heteroatoms. The molecule has 1 saturated heterocycles. The number of rotatable bonds is 4. The minimum atomic E-state index is -1.18. The van der Waals surface area contributed by atoms with Gasteiger partial charge in [0.25, 0.3) is 5.91 Å². The summed E-state index contributed by atoms with van der Waals surface area (Å²) in [5.41, 5.74) is 1.47. The third kappa shape index (κ3) is 3.15. The van der Waals surface area contributed by atoms with Crippen LogP contribution in [0, 0.1) is 6.92 Å². The standard InChI is InChI=1S/C24H20N4O3/c1-15-10-12-17(13-11-15)21-27-26-20(31-21)14-28-22(29)24(2,25-23(28)30)19-9-5-7-16-6-3-4-8-18(16)19/h3-13H,14H2,1-2H3,(H,25,30). The highest BCUT2D eigenvalue weighted by atomic mass is 16.4. The highest BCUT2D eigenvalue weighted by molar-refractivity contribution is 6.09. The van der Waals surface area contributed by atoms with Crippen molar-refractivity contribution in [2.24, 2.45) is 0 Å². The third-order valence-corrected chi connectivity index (χ3v) is 5.66. The second-order valence-corrected chi connectivity index (χ2v) is 7.84. The quantitative estimate of drug-likeness (QED) is 0.509. The number of carbonyl (C=O) groups is 2. The summed E-state index contributed by atoms with van der Waals surface area (Å²) in [5, 5.41) is 12.9. The van der Waals surface area contributed by atoms with Gasteiger partial charge in [0.1, 0.15) is 12.1 Å². The predicted molar refractivity (Wildman–Crippen MR) is 115 cm³/mol. The van der Waals surface area contributed by atoms with Gasteiger partial charge in [-0.15, -0.1) is 10.2 Å². The van der Waals surface area contributed by atoms with Crippen molar-refractivity contribution in [1.82, 2.24) is 20.4 Å². The van der Waals surface area contributed by atoms with E-state index in [9.17, 15) is 9.59 Å². The van der Waals surface area contributed by atoms with Gasteiger partial charge in [-0.05, 0) is 42.3 Å². The van der Waals surface area contributed by atoms with Gasteiger partial charge in [0.2, 0.25) is 11.8 Å². The van der Waals surface area contributed by atoms with Crippen LogP contribution in [0.3, 0.4) is 0 Å². The largest absolute Gasteiger partial charge is 0.419 e. The number of hydrogen-bond acceptors (Lipinski definition) is 5. The molecule has 0 saturated carbocycles. The maximum absolute atomic E-state index is 13.4. The van der Waals surface area contributed by atoms with Crippen LogP contribution in [0.5, 0.6) is 0 Å². The number of fused-ring (bicyclic) bond motifs is 1. The molecule has 1 aliphatic heterocycles. The number of aryl methyl sites for hydroxylation is 1. The molecular weight excluding hydrogens is 392 g/mol. The van der Waals surface area contributed by atoms with E-state index in [1.165, 1.54) is 0 Å². The Morgan fingerprint density at radius 1 is 0.968 bits per heavy atom. The average Bonchev–Trinajstić information content (AvgIpc) is 3.33. The van der Waals surface area contributed by atoms with E-state index >= 15 is 0 Å². The molecule has 1 N–H and O–H groups in total. The topological polar surface area (TPSA) is 88.3 Å². The van der Waals surface area contributed by atoms with E-state index in [2.05, 4.69) is 15.5 Å². The first-order chi connectivity index (χ1) is 15.0. The molecule has 1 atom stereocenters. The summed E-state index contributed by atoms with van der Waals surface area (Å²) in [7, 11) is 0. The Morgan fingerprint density at radius 2 is 1.71 bits per heavy atom. The van der Waals surface area contributed by atoms with Crippen molar-refractivity contribution in [2.75, 3.05) is 0 Å². The maximum atomic E-state index is 13.4. The summed E-state index contributed by atoms with van der Waals surface area (Å²) < 4.78 is 5.72. The first-order valence-corrected chi connectivity index (χ1v) is 9.97. The van der Waals surface area contributed by atoms with Crippen LogP contribution >= 0.6 is 0 Å². The van der Waals surface area contributed by atoms with E-state index in [0.717, 1.165) is 32.4 Å². The fourth-order valence-electron chi connectivity index (χ4n) is 3.95. The second-order valence-electron chi connectivity index (χ2n) is 7.84. The van der Waals surface area contributed by atoms with Crippen molar-refractivity contribution in [3.63, 3.8) is 0 Å². The zero-order valence-corrected chi connectivity index (χ0v) is 17.1. The van der Waals surface area contributed by atoms with Gasteiger partial charge >= 0.3 is 6.03 Å². The number of nitrogens with one attached hydrogen (secondary N) is 1. The first-order valence-electron chi connectivity index (χ1n) is 9.97.